The van der Waals surface area contributed by atoms with Crippen LogP contribution in [0.4, 0.5) is 0 Å². The second-order valence-corrected chi connectivity index (χ2v) is 5.45. The zero-order valence-corrected chi connectivity index (χ0v) is 11.3. The van der Waals surface area contributed by atoms with E-state index in [1.165, 1.54) is 27.5 Å². The van der Waals surface area contributed by atoms with Crippen LogP contribution < -0.4 is 5.32 Å². The first kappa shape index (κ1) is 11.7. The standard InChI is InChI=1S/C19H17N/c1-2-6-14(7-3-1)18-12-20-13-19-16-9-5-4-8-15(16)10-11-17(18)19/h1-11,18,20H,12-13H2/t18-/m1/s1. The molecule has 0 bridgehead atoms. The molecule has 98 valence electrons. The van der Waals surface area contributed by atoms with Gasteiger partial charge in [0.25, 0.3) is 0 Å². The molecule has 1 heterocycles. The first-order valence-electron chi connectivity index (χ1n) is 7.19. The van der Waals surface area contributed by atoms with Crippen LogP contribution in [-0.4, -0.2) is 6.54 Å². The highest BCUT2D eigenvalue weighted by Gasteiger charge is 2.22. The Morgan fingerprint density at radius 3 is 2.50 bits per heavy atom. The summed E-state index contributed by atoms with van der Waals surface area (Å²) in [6.45, 7) is 2.00. The molecule has 3 aromatic carbocycles. The molecule has 20 heavy (non-hydrogen) atoms. The van der Waals surface area contributed by atoms with Gasteiger partial charge in [0.15, 0.2) is 0 Å². The van der Waals surface area contributed by atoms with Crippen molar-refractivity contribution in [2.24, 2.45) is 0 Å². The van der Waals surface area contributed by atoms with E-state index in [1.807, 2.05) is 0 Å². The highest BCUT2D eigenvalue weighted by Crippen LogP contribution is 2.34. The zero-order chi connectivity index (χ0) is 13.4. The zero-order valence-electron chi connectivity index (χ0n) is 11.3. The molecule has 0 spiro atoms. The fourth-order valence-electron chi connectivity index (χ4n) is 3.31. The van der Waals surface area contributed by atoms with E-state index < -0.39 is 0 Å². The molecule has 0 saturated carbocycles. The lowest BCUT2D eigenvalue weighted by atomic mass is 9.83. The van der Waals surface area contributed by atoms with Gasteiger partial charge in [-0.15, -0.1) is 0 Å². The topological polar surface area (TPSA) is 12.0 Å². The van der Waals surface area contributed by atoms with E-state index in [0.717, 1.165) is 13.1 Å². The number of fused-ring (bicyclic) bond motifs is 3. The van der Waals surface area contributed by atoms with Crippen LogP contribution in [0.15, 0.2) is 66.7 Å². The summed E-state index contributed by atoms with van der Waals surface area (Å²) in [5.41, 5.74) is 4.34. The van der Waals surface area contributed by atoms with Gasteiger partial charge in [0, 0.05) is 19.0 Å². The molecule has 0 aliphatic carbocycles. The van der Waals surface area contributed by atoms with E-state index in [9.17, 15) is 0 Å². The van der Waals surface area contributed by atoms with Crippen LogP contribution in [0.3, 0.4) is 0 Å². The first-order valence-corrected chi connectivity index (χ1v) is 7.19. The Hall–Kier alpha value is -2.12. The number of benzene rings is 3. The second-order valence-electron chi connectivity index (χ2n) is 5.45. The van der Waals surface area contributed by atoms with Gasteiger partial charge in [-0.2, -0.15) is 0 Å². The van der Waals surface area contributed by atoms with Gasteiger partial charge < -0.3 is 5.32 Å². The maximum atomic E-state index is 3.58. The molecule has 1 aliphatic heterocycles. The Balaban J connectivity index is 1.92. The Morgan fingerprint density at radius 2 is 1.60 bits per heavy atom. The largest absolute Gasteiger partial charge is 0.312 e. The van der Waals surface area contributed by atoms with Gasteiger partial charge in [-0.25, -0.2) is 0 Å². The fourth-order valence-corrected chi connectivity index (χ4v) is 3.31. The minimum Gasteiger partial charge on any atom is -0.312 e. The predicted octanol–water partition coefficient (Wildman–Crippen LogP) is 4.07. The van der Waals surface area contributed by atoms with Crippen molar-refractivity contribution in [1.29, 1.82) is 0 Å². The fraction of sp³-hybridized carbons (Fsp3) is 0.158. The van der Waals surface area contributed by atoms with Crippen molar-refractivity contribution < 1.29 is 0 Å². The van der Waals surface area contributed by atoms with Gasteiger partial charge in [0.05, 0.1) is 0 Å². The van der Waals surface area contributed by atoms with Crippen molar-refractivity contribution in [3.8, 4) is 0 Å². The quantitative estimate of drug-likeness (QED) is 0.694. The van der Waals surface area contributed by atoms with Crippen LogP contribution in [0.5, 0.6) is 0 Å². The van der Waals surface area contributed by atoms with Gasteiger partial charge >= 0.3 is 0 Å². The highest BCUT2D eigenvalue weighted by atomic mass is 14.9. The summed E-state index contributed by atoms with van der Waals surface area (Å²) in [5, 5.41) is 6.30. The lowest BCUT2D eigenvalue weighted by Gasteiger charge is -2.28. The average Bonchev–Trinajstić information content (AvgIpc) is 2.55. The number of hydrogen-bond acceptors (Lipinski definition) is 1. The molecule has 3 aromatic rings. The summed E-state index contributed by atoms with van der Waals surface area (Å²) in [7, 11) is 0. The molecule has 0 unspecified atom stereocenters. The molecule has 1 aliphatic rings. The molecule has 0 radical (unpaired) electrons. The van der Waals surface area contributed by atoms with Crippen molar-refractivity contribution in [2.45, 2.75) is 12.5 Å². The lowest BCUT2D eigenvalue weighted by molar-refractivity contribution is 0.595. The third-order valence-electron chi connectivity index (χ3n) is 4.30. The molecule has 0 amide bonds. The third-order valence-corrected chi connectivity index (χ3v) is 4.30. The molecule has 1 nitrogen and oxygen atoms in total. The molecule has 0 aromatic heterocycles. The predicted molar refractivity (Wildman–Crippen MR) is 83.9 cm³/mol. The number of rotatable bonds is 1. The van der Waals surface area contributed by atoms with Crippen molar-refractivity contribution in [3.63, 3.8) is 0 Å². The SMILES string of the molecule is c1ccc([C@H]2CNCc3c2ccc2ccccc32)cc1. The van der Waals surface area contributed by atoms with Gasteiger partial charge in [0.2, 0.25) is 0 Å². The summed E-state index contributed by atoms with van der Waals surface area (Å²) in [4.78, 5) is 0. The van der Waals surface area contributed by atoms with E-state index >= 15 is 0 Å². The molecule has 0 saturated heterocycles. The summed E-state index contributed by atoms with van der Waals surface area (Å²) in [6.07, 6.45) is 0. The maximum Gasteiger partial charge on any atom is 0.0218 e. The highest BCUT2D eigenvalue weighted by molar-refractivity contribution is 5.87. The van der Waals surface area contributed by atoms with E-state index in [1.54, 1.807) is 0 Å². The summed E-state index contributed by atoms with van der Waals surface area (Å²) in [5.74, 6) is 0.463. The van der Waals surface area contributed by atoms with Crippen molar-refractivity contribution in [1.82, 2.24) is 5.32 Å². The van der Waals surface area contributed by atoms with E-state index in [4.69, 9.17) is 0 Å². The number of hydrogen-bond donors (Lipinski definition) is 1. The molecule has 1 heteroatoms. The van der Waals surface area contributed by atoms with Crippen LogP contribution in [0, 0.1) is 0 Å². The Bertz CT molecular complexity index is 746. The van der Waals surface area contributed by atoms with Crippen LogP contribution >= 0.6 is 0 Å². The normalized spacial score (nSPS) is 17.9. The Labute approximate surface area is 119 Å². The van der Waals surface area contributed by atoms with Gasteiger partial charge in [-0.05, 0) is 27.5 Å². The Morgan fingerprint density at radius 1 is 0.800 bits per heavy atom. The maximum absolute atomic E-state index is 3.58. The monoisotopic (exact) mass is 259 g/mol. The Kier molecular flexibility index (Phi) is 2.79. The summed E-state index contributed by atoms with van der Waals surface area (Å²) in [6, 6.07) is 24.1. The first-order chi connectivity index (χ1) is 9.93. The van der Waals surface area contributed by atoms with E-state index in [2.05, 4.69) is 72.0 Å². The van der Waals surface area contributed by atoms with Crippen molar-refractivity contribution in [2.75, 3.05) is 6.54 Å². The smallest absolute Gasteiger partial charge is 0.0218 e. The molecule has 1 atom stereocenters. The molecular weight excluding hydrogens is 242 g/mol. The van der Waals surface area contributed by atoms with Crippen LogP contribution in [0.25, 0.3) is 10.8 Å². The van der Waals surface area contributed by atoms with Crippen molar-refractivity contribution >= 4 is 10.8 Å². The van der Waals surface area contributed by atoms with Gasteiger partial charge in [0.1, 0.15) is 0 Å². The van der Waals surface area contributed by atoms with Gasteiger partial charge in [-0.3, -0.25) is 0 Å². The van der Waals surface area contributed by atoms with E-state index in [-0.39, 0.29) is 0 Å². The molecule has 0 fully saturated rings. The lowest BCUT2D eigenvalue weighted by Crippen LogP contribution is -2.28. The van der Waals surface area contributed by atoms with Gasteiger partial charge in [-0.1, -0.05) is 66.7 Å². The average molecular weight is 259 g/mol. The van der Waals surface area contributed by atoms with Crippen LogP contribution in [-0.2, 0) is 6.54 Å². The minimum absolute atomic E-state index is 0.463. The second kappa shape index (κ2) is 4.77. The molecular formula is C19H17N. The van der Waals surface area contributed by atoms with E-state index in [0.29, 0.717) is 5.92 Å². The van der Waals surface area contributed by atoms with Crippen molar-refractivity contribution in [3.05, 3.63) is 83.4 Å². The summed E-state index contributed by atoms with van der Waals surface area (Å²) >= 11 is 0. The molecule has 1 N–H and O–H groups in total. The number of nitrogens with one attached hydrogen (secondary N) is 1. The van der Waals surface area contributed by atoms with Crippen LogP contribution in [0.1, 0.15) is 22.6 Å². The summed E-state index contributed by atoms with van der Waals surface area (Å²) < 4.78 is 0. The third kappa shape index (κ3) is 1.83. The van der Waals surface area contributed by atoms with Crippen LogP contribution in [0.2, 0.25) is 0 Å². The minimum atomic E-state index is 0.463. The molecule has 4 rings (SSSR count).